The second-order valence-electron chi connectivity index (χ2n) is 5.65. The van der Waals surface area contributed by atoms with Crippen molar-refractivity contribution in [3.63, 3.8) is 0 Å². The zero-order valence-corrected chi connectivity index (χ0v) is 13.0. The Morgan fingerprint density at radius 3 is 2.95 bits per heavy atom. The number of carbonyl (C=O) groups is 1. The van der Waals surface area contributed by atoms with Gasteiger partial charge in [-0.1, -0.05) is 15.9 Å². The predicted octanol–water partition coefficient (Wildman–Crippen LogP) is 2.07. The molecule has 2 atom stereocenters. The number of amides is 1. The molecule has 0 radical (unpaired) electrons. The van der Waals surface area contributed by atoms with E-state index in [9.17, 15) is 4.79 Å². The molecule has 2 heterocycles. The number of nitrogens with zero attached hydrogens (tertiary/aromatic N) is 1. The predicted molar refractivity (Wildman–Crippen MR) is 83.7 cm³/mol. The number of piperidine rings is 1. The first-order valence-electron chi connectivity index (χ1n) is 7.22. The van der Waals surface area contributed by atoms with E-state index in [0.717, 1.165) is 35.7 Å². The van der Waals surface area contributed by atoms with Crippen LogP contribution in [0, 0.1) is 5.92 Å². The number of hydrogen-bond acceptors (Lipinski definition) is 3. The summed E-state index contributed by atoms with van der Waals surface area (Å²) in [4.78, 5) is 14.5. The molecule has 0 aromatic heterocycles. The summed E-state index contributed by atoms with van der Waals surface area (Å²) in [6.45, 7) is 3.67. The van der Waals surface area contributed by atoms with E-state index in [2.05, 4.69) is 31.5 Å². The van der Waals surface area contributed by atoms with E-state index in [1.165, 1.54) is 12.8 Å². The number of carbonyl (C=O) groups excluding carboxylic acids is 1. The van der Waals surface area contributed by atoms with Crippen LogP contribution in [-0.4, -0.2) is 43.0 Å². The Labute approximate surface area is 128 Å². The number of likely N-dealkylation sites (tertiary alicyclic amines) is 1. The van der Waals surface area contributed by atoms with Gasteiger partial charge in [-0.05, 0) is 56.1 Å². The van der Waals surface area contributed by atoms with Crippen molar-refractivity contribution in [3.05, 3.63) is 28.7 Å². The Hall–Kier alpha value is -0.910. The molecule has 1 aromatic rings. The van der Waals surface area contributed by atoms with Gasteiger partial charge in [0.2, 0.25) is 5.91 Å². The molecule has 20 heavy (non-hydrogen) atoms. The van der Waals surface area contributed by atoms with Gasteiger partial charge < -0.3 is 10.6 Å². The molecule has 0 aliphatic carbocycles. The maximum absolute atomic E-state index is 12.2. The summed E-state index contributed by atoms with van der Waals surface area (Å²) in [5, 5.41) is 6.42. The topological polar surface area (TPSA) is 44.4 Å². The van der Waals surface area contributed by atoms with Crippen LogP contribution in [0.15, 0.2) is 28.7 Å². The maximum atomic E-state index is 12.2. The van der Waals surface area contributed by atoms with E-state index in [1.54, 1.807) is 0 Å². The lowest BCUT2D eigenvalue weighted by atomic mass is 9.92. The van der Waals surface area contributed by atoms with Crippen molar-refractivity contribution in [2.24, 2.45) is 5.92 Å². The zero-order valence-electron chi connectivity index (χ0n) is 11.4. The average Bonchev–Trinajstić information content (AvgIpc) is 2.91. The van der Waals surface area contributed by atoms with Crippen molar-refractivity contribution in [1.29, 1.82) is 0 Å². The van der Waals surface area contributed by atoms with Gasteiger partial charge in [-0.25, -0.2) is 0 Å². The van der Waals surface area contributed by atoms with E-state index in [4.69, 9.17) is 0 Å². The van der Waals surface area contributed by atoms with E-state index in [0.29, 0.717) is 12.6 Å². The van der Waals surface area contributed by atoms with Crippen LogP contribution in [0.1, 0.15) is 12.8 Å². The van der Waals surface area contributed by atoms with Crippen LogP contribution < -0.4 is 10.6 Å². The second kappa shape index (κ2) is 6.24. The van der Waals surface area contributed by atoms with Crippen LogP contribution in [0.3, 0.4) is 0 Å². The first-order chi connectivity index (χ1) is 9.72. The smallest absolute Gasteiger partial charge is 0.238 e. The molecule has 0 bridgehead atoms. The van der Waals surface area contributed by atoms with E-state index < -0.39 is 0 Å². The summed E-state index contributed by atoms with van der Waals surface area (Å²) in [7, 11) is 0. The fraction of sp³-hybridized carbons (Fsp3) is 0.533. The lowest BCUT2D eigenvalue weighted by Gasteiger charge is -2.36. The van der Waals surface area contributed by atoms with Crippen molar-refractivity contribution in [3.8, 4) is 0 Å². The van der Waals surface area contributed by atoms with Crippen molar-refractivity contribution < 1.29 is 4.79 Å². The molecule has 2 aliphatic heterocycles. The van der Waals surface area contributed by atoms with Gasteiger partial charge in [0.25, 0.3) is 0 Å². The molecule has 3 rings (SSSR count). The first-order valence-corrected chi connectivity index (χ1v) is 8.02. The molecule has 2 N–H and O–H groups in total. The van der Waals surface area contributed by atoms with Crippen LogP contribution in [-0.2, 0) is 4.79 Å². The maximum Gasteiger partial charge on any atom is 0.238 e. The van der Waals surface area contributed by atoms with E-state index in [-0.39, 0.29) is 5.91 Å². The summed E-state index contributed by atoms with van der Waals surface area (Å²) in [6.07, 6.45) is 2.50. The molecule has 2 aliphatic rings. The third kappa shape index (κ3) is 3.22. The van der Waals surface area contributed by atoms with Gasteiger partial charge in [0.15, 0.2) is 0 Å². The van der Waals surface area contributed by atoms with Crippen LogP contribution >= 0.6 is 15.9 Å². The summed E-state index contributed by atoms with van der Waals surface area (Å²) in [6, 6.07) is 8.25. The van der Waals surface area contributed by atoms with Gasteiger partial charge >= 0.3 is 0 Å². The van der Waals surface area contributed by atoms with Crippen molar-refractivity contribution in [2.45, 2.75) is 18.9 Å². The minimum atomic E-state index is 0.0832. The third-order valence-electron chi connectivity index (χ3n) is 4.27. The van der Waals surface area contributed by atoms with Crippen molar-refractivity contribution in [1.82, 2.24) is 10.2 Å². The van der Waals surface area contributed by atoms with E-state index >= 15 is 0 Å². The number of nitrogens with one attached hydrogen (secondary N) is 2. The molecule has 2 fully saturated rings. The fourth-order valence-electron chi connectivity index (χ4n) is 3.28. The molecule has 0 saturated carbocycles. The largest absolute Gasteiger partial charge is 0.325 e. The Balaban J connectivity index is 1.57. The lowest BCUT2D eigenvalue weighted by molar-refractivity contribution is -0.118. The SMILES string of the molecule is O=C(CN1CCCC2CNCC21)Nc1ccc(Br)cc1. The standard InChI is InChI=1S/C15H20BrN3O/c16-12-3-5-13(6-4-12)18-15(20)10-19-7-1-2-11-8-17-9-14(11)19/h3-6,11,14,17H,1-2,7-10H2,(H,18,20). The number of hydrogen-bond donors (Lipinski definition) is 2. The van der Waals surface area contributed by atoms with Gasteiger partial charge in [0, 0.05) is 22.7 Å². The monoisotopic (exact) mass is 337 g/mol. The molecule has 5 heteroatoms. The molecule has 1 amide bonds. The minimum absolute atomic E-state index is 0.0832. The molecule has 4 nitrogen and oxygen atoms in total. The Kier molecular flexibility index (Phi) is 4.38. The van der Waals surface area contributed by atoms with Gasteiger partial charge in [-0.3, -0.25) is 9.69 Å². The second-order valence-corrected chi connectivity index (χ2v) is 6.57. The van der Waals surface area contributed by atoms with Crippen molar-refractivity contribution in [2.75, 3.05) is 31.5 Å². The molecule has 2 saturated heterocycles. The number of fused-ring (bicyclic) bond motifs is 1. The highest BCUT2D eigenvalue weighted by atomic mass is 79.9. The number of benzene rings is 1. The van der Waals surface area contributed by atoms with Gasteiger partial charge in [-0.2, -0.15) is 0 Å². The summed E-state index contributed by atoms with van der Waals surface area (Å²) in [5.74, 6) is 0.809. The highest BCUT2D eigenvalue weighted by molar-refractivity contribution is 9.10. The van der Waals surface area contributed by atoms with E-state index in [1.807, 2.05) is 24.3 Å². The Bertz CT molecular complexity index is 477. The van der Waals surface area contributed by atoms with Gasteiger partial charge in [0.05, 0.1) is 6.54 Å². The Morgan fingerprint density at radius 1 is 1.35 bits per heavy atom. The summed E-state index contributed by atoms with van der Waals surface area (Å²) >= 11 is 3.39. The Morgan fingerprint density at radius 2 is 2.15 bits per heavy atom. The zero-order chi connectivity index (χ0) is 13.9. The van der Waals surface area contributed by atoms with Crippen LogP contribution in [0.2, 0.25) is 0 Å². The lowest BCUT2D eigenvalue weighted by Crippen LogP contribution is -2.48. The number of halogens is 1. The van der Waals surface area contributed by atoms with Crippen LogP contribution in [0.5, 0.6) is 0 Å². The number of anilines is 1. The minimum Gasteiger partial charge on any atom is -0.325 e. The molecule has 0 spiro atoms. The third-order valence-corrected chi connectivity index (χ3v) is 4.80. The molecule has 2 unspecified atom stereocenters. The van der Waals surface area contributed by atoms with Gasteiger partial charge in [-0.15, -0.1) is 0 Å². The summed E-state index contributed by atoms with van der Waals surface area (Å²) < 4.78 is 1.02. The van der Waals surface area contributed by atoms with Crippen molar-refractivity contribution >= 4 is 27.5 Å². The van der Waals surface area contributed by atoms with Crippen LogP contribution in [0.25, 0.3) is 0 Å². The summed E-state index contributed by atoms with van der Waals surface area (Å²) in [5.41, 5.74) is 0.858. The number of rotatable bonds is 3. The van der Waals surface area contributed by atoms with Crippen LogP contribution in [0.4, 0.5) is 5.69 Å². The molecule has 1 aromatic carbocycles. The average molecular weight is 338 g/mol. The molecule has 108 valence electrons. The highest BCUT2D eigenvalue weighted by Gasteiger charge is 2.35. The normalized spacial score (nSPS) is 26.2. The molecular formula is C15H20BrN3O. The van der Waals surface area contributed by atoms with Gasteiger partial charge in [0.1, 0.15) is 0 Å². The first kappa shape index (κ1) is 14.0. The molecular weight excluding hydrogens is 318 g/mol. The quantitative estimate of drug-likeness (QED) is 0.887. The fourth-order valence-corrected chi connectivity index (χ4v) is 3.54. The highest BCUT2D eigenvalue weighted by Crippen LogP contribution is 2.26.